The Kier molecular flexibility index (Phi) is 7.83. The monoisotopic (exact) mass is 592 g/mol. The predicted octanol–water partition coefficient (Wildman–Crippen LogP) is 5.12. The maximum Gasteiger partial charge on any atom is 0.258 e. The predicted molar refractivity (Wildman–Crippen MR) is 164 cm³/mol. The highest BCUT2D eigenvalue weighted by atomic mass is 35.5. The molecule has 4 aromatic rings. The van der Waals surface area contributed by atoms with E-state index in [4.69, 9.17) is 28.2 Å². The molecule has 1 atom stereocenters. The summed E-state index contributed by atoms with van der Waals surface area (Å²) in [5.74, 6) is 0.275. The first-order chi connectivity index (χ1) is 19.8. The number of aliphatic hydroxyl groups excluding tert-OH is 2. The molecule has 214 valence electrons. The van der Waals surface area contributed by atoms with Crippen LogP contribution in [-0.4, -0.2) is 53.0 Å². The highest BCUT2D eigenvalue weighted by Gasteiger charge is 2.43. The Labute approximate surface area is 249 Å². The van der Waals surface area contributed by atoms with Crippen molar-refractivity contribution in [2.75, 3.05) is 37.7 Å². The molecule has 0 bridgehead atoms. The van der Waals surface area contributed by atoms with Gasteiger partial charge >= 0.3 is 0 Å². The summed E-state index contributed by atoms with van der Waals surface area (Å²) in [7, 11) is 0. The fourth-order valence-corrected chi connectivity index (χ4v) is 6.89. The number of rotatable bonds is 6. The van der Waals surface area contributed by atoms with Crippen LogP contribution >= 0.6 is 23.2 Å². The second kappa shape index (κ2) is 11.4. The lowest BCUT2D eigenvalue weighted by molar-refractivity contribution is 0.0503. The number of piperidine rings is 2. The van der Waals surface area contributed by atoms with Crippen LogP contribution in [0.3, 0.4) is 0 Å². The molecule has 7 nitrogen and oxygen atoms in total. The quantitative estimate of drug-likeness (QED) is 0.248. The Bertz CT molecular complexity index is 1580. The molecule has 9 heteroatoms. The highest BCUT2D eigenvalue weighted by Crippen LogP contribution is 2.44. The minimum absolute atomic E-state index is 0.0727. The number of fused-ring (bicyclic) bond motifs is 1. The van der Waals surface area contributed by atoms with Crippen LogP contribution < -0.4 is 15.8 Å². The second-order valence-electron chi connectivity index (χ2n) is 11.4. The van der Waals surface area contributed by atoms with Crippen LogP contribution in [0, 0.1) is 0 Å². The van der Waals surface area contributed by atoms with Crippen LogP contribution in [0.25, 0.3) is 10.9 Å². The van der Waals surface area contributed by atoms with Crippen LogP contribution in [0.4, 0.5) is 5.69 Å². The van der Waals surface area contributed by atoms with Gasteiger partial charge < -0.3 is 25.4 Å². The van der Waals surface area contributed by atoms with E-state index in [1.165, 1.54) is 0 Å². The second-order valence-corrected chi connectivity index (χ2v) is 12.3. The van der Waals surface area contributed by atoms with Crippen molar-refractivity contribution >= 4 is 39.8 Å². The molecule has 41 heavy (non-hydrogen) atoms. The Balaban J connectivity index is 1.30. The molecule has 0 aliphatic carbocycles. The summed E-state index contributed by atoms with van der Waals surface area (Å²) in [4.78, 5) is 23.1. The zero-order chi connectivity index (χ0) is 28.6. The van der Waals surface area contributed by atoms with Gasteiger partial charge in [-0.2, -0.15) is 0 Å². The molecular formula is C32H34Cl2N4O3. The number of aromatic amines is 1. The maximum atomic E-state index is 13.2. The van der Waals surface area contributed by atoms with E-state index in [2.05, 4.69) is 15.2 Å². The lowest BCUT2D eigenvalue weighted by atomic mass is 9.69. The van der Waals surface area contributed by atoms with Crippen molar-refractivity contribution < 1.29 is 10.2 Å². The van der Waals surface area contributed by atoms with Gasteiger partial charge in [-0.15, -0.1) is 0 Å². The van der Waals surface area contributed by atoms with Gasteiger partial charge in [0.1, 0.15) is 11.9 Å². The number of aromatic nitrogens is 2. The van der Waals surface area contributed by atoms with E-state index in [9.17, 15) is 15.0 Å². The molecule has 1 aromatic heterocycles. The number of halogens is 2. The van der Waals surface area contributed by atoms with Gasteiger partial charge in [-0.3, -0.25) is 4.79 Å². The van der Waals surface area contributed by atoms with Gasteiger partial charge in [0.2, 0.25) is 0 Å². The SMILES string of the molecule is O=c1[nH]c(C(O)C2(c3ccc(Cl)cc3)CCNCC2)nc2cc(N3CCC(CO)(c4ccc(Cl)cc4)CC3)ccc12. The number of benzene rings is 3. The van der Waals surface area contributed by atoms with Crippen molar-refractivity contribution in [2.24, 2.45) is 0 Å². The molecule has 0 saturated carbocycles. The lowest BCUT2D eigenvalue weighted by Crippen LogP contribution is -2.45. The lowest BCUT2D eigenvalue weighted by Gasteiger charge is -2.42. The van der Waals surface area contributed by atoms with Crippen LogP contribution in [-0.2, 0) is 10.8 Å². The number of nitrogens with zero attached hydrogens (tertiary/aromatic N) is 2. The van der Waals surface area contributed by atoms with Gasteiger partial charge in [-0.05, 0) is 92.4 Å². The van der Waals surface area contributed by atoms with Gasteiger partial charge in [0.15, 0.2) is 0 Å². The van der Waals surface area contributed by atoms with Crippen LogP contribution in [0.15, 0.2) is 71.5 Å². The fourth-order valence-electron chi connectivity index (χ4n) is 6.64. The zero-order valence-electron chi connectivity index (χ0n) is 22.7. The zero-order valence-corrected chi connectivity index (χ0v) is 24.3. The summed E-state index contributed by atoms with van der Waals surface area (Å²) < 4.78 is 0. The van der Waals surface area contributed by atoms with Crippen LogP contribution in [0.1, 0.15) is 48.7 Å². The van der Waals surface area contributed by atoms with Crippen molar-refractivity contribution in [1.82, 2.24) is 15.3 Å². The third-order valence-corrected chi connectivity index (χ3v) is 9.75. The molecule has 0 spiro atoms. The molecule has 1 unspecified atom stereocenters. The van der Waals surface area contributed by atoms with Crippen LogP contribution in [0.5, 0.6) is 0 Å². The van der Waals surface area contributed by atoms with E-state index in [0.717, 1.165) is 55.8 Å². The van der Waals surface area contributed by atoms with E-state index < -0.39 is 11.5 Å². The van der Waals surface area contributed by atoms with Crippen molar-refractivity contribution in [3.8, 4) is 0 Å². The standard InChI is InChI=1S/C32H34Cl2N4O3/c33-23-5-1-21(2-6-23)31(20-39)13-17-38(18-14-31)25-9-10-26-27(19-25)36-29(37-30(26)41)28(40)32(11-15-35-16-12-32)22-3-7-24(34)8-4-22/h1-10,19,28,35,39-40H,11-18,20H2,(H,36,37,41). The van der Waals surface area contributed by atoms with Crippen molar-refractivity contribution in [3.05, 3.63) is 104 Å². The van der Waals surface area contributed by atoms with Gasteiger partial charge in [0, 0.05) is 39.7 Å². The highest BCUT2D eigenvalue weighted by molar-refractivity contribution is 6.30. The molecule has 2 fully saturated rings. The van der Waals surface area contributed by atoms with E-state index in [-0.39, 0.29) is 23.4 Å². The Morgan fingerprint density at radius 1 is 0.878 bits per heavy atom. The number of anilines is 1. The molecule has 6 rings (SSSR count). The molecule has 0 radical (unpaired) electrons. The van der Waals surface area contributed by atoms with E-state index in [1.54, 1.807) is 6.07 Å². The minimum Gasteiger partial charge on any atom is -0.395 e. The fraction of sp³-hybridized carbons (Fsp3) is 0.375. The third kappa shape index (κ3) is 5.26. The summed E-state index contributed by atoms with van der Waals surface area (Å²) in [6.07, 6.45) is 1.98. The molecule has 0 amide bonds. The average Bonchev–Trinajstić information content (AvgIpc) is 3.01. The molecule has 2 saturated heterocycles. The average molecular weight is 594 g/mol. The number of hydrogen-bond acceptors (Lipinski definition) is 6. The molecule has 4 N–H and O–H groups in total. The minimum atomic E-state index is -0.994. The summed E-state index contributed by atoms with van der Waals surface area (Å²) >= 11 is 12.3. The number of nitrogens with one attached hydrogen (secondary N) is 2. The summed E-state index contributed by atoms with van der Waals surface area (Å²) in [5, 5.41) is 27.3. The van der Waals surface area contributed by atoms with Crippen LogP contribution in [0.2, 0.25) is 10.0 Å². The largest absolute Gasteiger partial charge is 0.395 e. The van der Waals surface area contributed by atoms with Gasteiger partial charge in [-0.25, -0.2) is 4.98 Å². The topological polar surface area (TPSA) is 101 Å². The molecule has 2 aliphatic rings. The molecule has 3 aromatic carbocycles. The smallest absolute Gasteiger partial charge is 0.258 e. The first-order valence-electron chi connectivity index (χ1n) is 14.1. The summed E-state index contributed by atoms with van der Waals surface area (Å²) in [5.41, 5.74) is 2.42. The molecule has 3 heterocycles. The number of aliphatic hydroxyl groups is 2. The normalized spacial score (nSPS) is 19.3. The van der Waals surface area contributed by atoms with E-state index in [1.807, 2.05) is 60.7 Å². The van der Waals surface area contributed by atoms with Gasteiger partial charge in [0.05, 0.1) is 17.5 Å². The van der Waals surface area contributed by atoms with Crippen molar-refractivity contribution in [3.63, 3.8) is 0 Å². The van der Waals surface area contributed by atoms with E-state index in [0.29, 0.717) is 33.8 Å². The Hall–Kier alpha value is -2.94. The molecular weight excluding hydrogens is 559 g/mol. The van der Waals surface area contributed by atoms with Gasteiger partial charge in [-0.1, -0.05) is 47.5 Å². The summed E-state index contributed by atoms with van der Waals surface area (Å²) in [6, 6.07) is 21.1. The number of H-pyrrole nitrogens is 1. The van der Waals surface area contributed by atoms with Crippen molar-refractivity contribution in [2.45, 2.75) is 42.6 Å². The Morgan fingerprint density at radius 2 is 1.49 bits per heavy atom. The van der Waals surface area contributed by atoms with Gasteiger partial charge in [0.25, 0.3) is 5.56 Å². The maximum absolute atomic E-state index is 13.2. The van der Waals surface area contributed by atoms with Crippen molar-refractivity contribution in [1.29, 1.82) is 0 Å². The van der Waals surface area contributed by atoms with E-state index >= 15 is 0 Å². The first kappa shape index (κ1) is 28.2. The first-order valence-corrected chi connectivity index (χ1v) is 14.9. The summed E-state index contributed by atoms with van der Waals surface area (Å²) in [6.45, 7) is 3.08. The molecule has 2 aliphatic heterocycles. The Morgan fingerprint density at radius 3 is 2.10 bits per heavy atom. The third-order valence-electron chi connectivity index (χ3n) is 9.25. The number of hydrogen-bond donors (Lipinski definition) is 4.